The summed E-state index contributed by atoms with van der Waals surface area (Å²) in [5.74, 6) is -1.71. The number of hydrogen-bond acceptors (Lipinski definition) is 7. The smallest absolute Gasteiger partial charge is 0.414 e. The van der Waals surface area contributed by atoms with Crippen molar-refractivity contribution in [3.8, 4) is 17.2 Å². The topological polar surface area (TPSA) is 126 Å². The van der Waals surface area contributed by atoms with Crippen LogP contribution in [-0.4, -0.2) is 84.9 Å². The first-order valence-corrected chi connectivity index (χ1v) is 10.7. The number of ether oxygens (including phenoxy) is 3. The van der Waals surface area contributed by atoms with E-state index < -0.39 is 11.9 Å². The Hall–Kier alpha value is -3.79. The largest absolute Gasteiger partial charge is 0.496 e. The standard InChI is InChI=1S/C22H28N2O4.C2H2O4/c1-4-28-18-10-8-17(9-11-18)16-23-12-14-24(15-13-23)22(25)21-19(26-2)6-5-7-20(21)27-3;3-1(4)2(5)6/h5-11H,4,12-16H2,1-3H3;(H,3,4)(H,5,6). The summed E-state index contributed by atoms with van der Waals surface area (Å²) < 4.78 is 16.3. The molecule has 184 valence electrons. The average molecular weight is 475 g/mol. The van der Waals surface area contributed by atoms with E-state index in [-0.39, 0.29) is 5.91 Å². The van der Waals surface area contributed by atoms with E-state index in [1.807, 2.05) is 30.0 Å². The predicted octanol–water partition coefficient (Wildman–Crippen LogP) is 2.22. The highest BCUT2D eigenvalue weighted by Gasteiger charge is 2.27. The third kappa shape index (κ3) is 7.38. The Kier molecular flexibility index (Phi) is 10.2. The SMILES string of the molecule is CCOc1ccc(CN2CCN(C(=O)c3c(OC)cccc3OC)CC2)cc1.O=C(O)C(=O)O. The zero-order valence-corrected chi connectivity index (χ0v) is 19.5. The van der Waals surface area contributed by atoms with Crippen molar-refractivity contribution in [1.82, 2.24) is 9.80 Å². The number of amides is 1. The van der Waals surface area contributed by atoms with E-state index in [4.69, 9.17) is 34.0 Å². The minimum atomic E-state index is -1.82. The van der Waals surface area contributed by atoms with Crippen LogP contribution in [0.25, 0.3) is 0 Å². The zero-order valence-electron chi connectivity index (χ0n) is 19.5. The van der Waals surface area contributed by atoms with Crippen molar-refractivity contribution in [2.24, 2.45) is 0 Å². The molecule has 0 aliphatic carbocycles. The molecule has 10 heteroatoms. The van der Waals surface area contributed by atoms with Crippen LogP contribution >= 0.6 is 0 Å². The Balaban J connectivity index is 0.000000604. The van der Waals surface area contributed by atoms with E-state index in [0.717, 1.165) is 25.4 Å². The Bertz CT molecular complexity index is 935. The van der Waals surface area contributed by atoms with Crippen molar-refractivity contribution in [2.45, 2.75) is 13.5 Å². The Morgan fingerprint density at radius 3 is 1.82 bits per heavy atom. The molecule has 3 rings (SSSR count). The van der Waals surface area contributed by atoms with Gasteiger partial charge in [-0.15, -0.1) is 0 Å². The predicted molar refractivity (Wildman–Crippen MR) is 124 cm³/mol. The van der Waals surface area contributed by atoms with Crippen LogP contribution in [0.3, 0.4) is 0 Å². The van der Waals surface area contributed by atoms with Crippen molar-refractivity contribution in [2.75, 3.05) is 47.0 Å². The molecule has 0 radical (unpaired) electrons. The van der Waals surface area contributed by atoms with E-state index in [0.29, 0.717) is 36.8 Å². The van der Waals surface area contributed by atoms with Crippen molar-refractivity contribution in [1.29, 1.82) is 0 Å². The molecule has 1 heterocycles. The lowest BCUT2D eigenvalue weighted by atomic mass is 10.1. The number of carbonyl (C=O) groups is 3. The van der Waals surface area contributed by atoms with E-state index >= 15 is 0 Å². The normalized spacial score (nSPS) is 13.3. The van der Waals surface area contributed by atoms with Gasteiger partial charge in [0.25, 0.3) is 5.91 Å². The molecule has 2 aromatic rings. The summed E-state index contributed by atoms with van der Waals surface area (Å²) in [5.41, 5.74) is 1.74. The van der Waals surface area contributed by atoms with Crippen LogP contribution in [0, 0.1) is 0 Å². The highest BCUT2D eigenvalue weighted by atomic mass is 16.5. The second-order valence-electron chi connectivity index (χ2n) is 7.29. The van der Waals surface area contributed by atoms with Gasteiger partial charge in [0.05, 0.1) is 20.8 Å². The van der Waals surface area contributed by atoms with Crippen molar-refractivity contribution < 1.29 is 38.8 Å². The molecule has 0 aromatic heterocycles. The lowest BCUT2D eigenvalue weighted by Crippen LogP contribution is -2.48. The highest BCUT2D eigenvalue weighted by Crippen LogP contribution is 2.30. The first kappa shape index (κ1) is 26.5. The Morgan fingerprint density at radius 1 is 0.853 bits per heavy atom. The number of carboxylic acid groups (broad SMARTS) is 2. The number of methoxy groups -OCH3 is 2. The van der Waals surface area contributed by atoms with Gasteiger partial charge < -0.3 is 29.3 Å². The van der Waals surface area contributed by atoms with Crippen LogP contribution in [0.5, 0.6) is 17.2 Å². The maximum atomic E-state index is 13.1. The van der Waals surface area contributed by atoms with E-state index in [1.54, 1.807) is 26.4 Å². The van der Waals surface area contributed by atoms with Gasteiger partial charge in [0.1, 0.15) is 22.8 Å². The molecule has 34 heavy (non-hydrogen) atoms. The lowest BCUT2D eigenvalue weighted by molar-refractivity contribution is -0.159. The minimum Gasteiger partial charge on any atom is -0.496 e. The number of aliphatic carboxylic acids is 2. The number of carboxylic acids is 2. The summed E-state index contributed by atoms with van der Waals surface area (Å²) >= 11 is 0. The molecule has 10 nitrogen and oxygen atoms in total. The van der Waals surface area contributed by atoms with Gasteiger partial charge in [-0.3, -0.25) is 9.69 Å². The van der Waals surface area contributed by atoms with Crippen molar-refractivity contribution in [3.05, 3.63) is 53.6 Å². The summed E-state index contributed by atoms with van der Waals surface area (Å²) in [4.78, 5) is 35.5. The third-order valence-corrected chi connectivity index (χ3v) is 5.12. The molecule has 1 aliphatic heterocycles. The quantitative estimate of drug-likeness (QED) is 0.581. The lowest BCUT2D eigenvalue weighted by Gasteiger charge is -2.35. The van der Waals surface area contributed by atoms with Gasteiger partial charge in [-0.05, 0) is 36.8 Å². The van der Waals surface area contributed by atoms with Crippen LogP contribution in [-0.2, 0) is 16.1 Å². The number of benzene rings is 2. The molecular weight excluding hydrogens is 444 g/mol. The van der Waals surface area contributed by atoms with Crippen molar-refractivity contribution >= 4 is 17.8 Å². The fourth-order valence-electron chi connectivity index (χ4n) is 3.45. The molecule has 1 amide bonds. The fraction of sp³-hybridized carbons (Fsp3) is 0.375. The number of rotatable bonds is 7. The van der Waals surface area contributed by atoms with Gasteiger partial charge in [0, 0.05) is 32.7 Å². The maximum absolute atomic E-state index is 13.1. The first-order chi connectivity index (χ1) is 16.3. The van der Waals surface area contributed by atoms with E-state index in [2.05, 4.69) is 17.0 Å². The number of carbonyl (C=O) groups excluding carboxylic acids is 1. The monoisotopic (exact) mass is 474 g/mol. The molecule has 0 atom stereocenters. The second kappa shape index (κ2) is 13.0. The van der Waals surface area contributed by atoms with Crippen LogP contribution in [0.1, 0.15) is 22.8 Å². The highest BCUT2D eigenvalue weighted by molar-refractivity contribution is 6.27. The number of piperazine rings is 1. The molecule has 2 N–H and O–H groups in total. The van der Waals surface area contributed by atoms with Gasteiger partial charge in [0.15, 0.2) is 0 Å². The molecule has 0 unspecified atom stereocenters. The minimum absolute atomic E-state index is 0.0463. The molecule has 2 aromatic carbocycles. The van der Waals surface area contributed by atoms with E-state index in [9.17, 15) is 4.79 Å². The molecule has 0 spiro atoms. The van der Waals surface area contributed by atoms with Crippen LogP contribution < -0.4 is 14.2 Å². The maximum Gasteiger partial charge on any atom is 0.414 e. The van der Waals surface area contributed by atoms with E-state index in [1.165, 1.54) is 5.56 Å². The average Bonchev–Trinajstić information content (AvgIpc) is 2.85. The van der Waals surface area contributed by atoms with Gasteiger partial charge in [0.2, 0.25) is 0 Å². The van der Waals surface area contributed by atoms with Crippen LogP contribution in [0.4, 0.5) is 0 Å². The molecule has 1 fully saturated rings. The zero-order chi connectivity index (χ0) is 25.1. The van der Waals surface area contributed by atoms with Crippen molar-refractivity contribution in [3.63, 3.8) is 0 Å². The summed E-state index contributed by atoms with van der Waals surface area (Å²) in [5, 5.41) is 14.8. The van der Waals surface area contributed by atoms with Gasteiger partial charge in [-0.25, -0.2) is 9.59 Å². The molecule has 0 bridgehead atoms. The van der Waals surface area contributed by atoms with Gasteiger partial charge >= 0.3 is 11.9 Å². The number of hydrogen-bond donors (Lipinski definition) is 2. The summed E-state index contributed by atoms with van der Waals surface area (Å²) in [6.45, 7) is 6.54. The molecule has 1 aliphatic rings. The Labute approximate surface area is 198 Å². The molecule has 0 saturated carbocycles. The summed E-state index contributed by atoms with van der Waals surface area (Å²) in [7, 11) is 3.14. The molecule has 1 saturated heterocycles. The van der Waals surface area contributed by atoms with Crippen LogP contribution in [0.15, 0.2) is 42.5 Å². The summed E-state index contributed by atoms with van der Waals surface area (Å²) in [6, 6.07) is 13.6. The fourth-order valence-corrected chi connectivity index (χ4v) is 3.45. The summed E-state index contributed by atoms with van der Waals surface area (Å²) in [6.07, 6.45) is 0. The molecular formula is C24H30N2O8. The van der Waals surface area contributed by atoms with Crippen LogP contribution in [0.2, 0.25) is 0 Å². The second-order valence-corrected chi connectivity index (χ2v) is 7.29. The number of nitrogens with zero attached hydrogens (tertiary/aromatic N) is 2. The van der Waals surface area contributed by atoms with Gasteiger partial charge in [-0.1, -0.05) is 18.2 Å². The van der Waals surface area contributed by atoms with Gasteiger partial charge in [-0.2, -0.15) is 0 Å². The third-order valence-electron chi connectivity index (χ3n) is 5.12. The Morgan fingerprint density at radius 2 is 1.38 bits per heavy atom. The first-order valence-electron chi connectivity index (χ1n) is 10.7.